The van der Waals surface area contributed by atoms with Crippen molar-refractivity contribution < 1.29 is 23.8 Å². The number of nitrogens with zero attached hydrogens (tertiary/aromatic N) is 1. The maximum absolute atomic E-state index is 13.2. The molecular formula is C24H23NO6S. The molecular weight excluding hydrogens is 430 g/mol. The molecule has 8 heteroatoms. The molecule has 3 rings (SSSR count). The predicted molar refractivity (Wildman–Crippen MR) is 122 cm³/mol. The minimum atomic E-state index is -0.517. The van der Waals surface area contributed by atoms with Crippen LogP contribution in [0.3, 0.4) is 0 Å². The highest BCUT2D eigenvalue weighted by Crippen LogP contribution is 2.12. The van der Waals surface area contributed by atoms with Crippen LogP contribution in [0.15, 0.2) is 53.3 Å². The Balaban J connectivity index is 2.07. The van der Waals surface area contributed by atoms with Gasteiger partial charge in [-0.1, -0.05) is 24.3 Å². The first-order valence-electron chi connectivity index (χ1n) is 9.86. The van der Waals surface area contributed by atoms with Crippen LogP contribution in [0.4, 0.5) is 0 Å². The third-order valence-corrected chi connectivity index (χ3v) is 5.63. The molecule has 7 nitrogen and oxygen atoms in total. The van der Waals surface area contributed by atoms with Gasteiger partial charge in [0.15, 0.2) is 0 Å². The number of thiazole rings is 1. The van der Waals surface area contributed by atoms with Gasteiger partial charge in [0, 0.05) is 0 Å². The van der Waals surface area contributed by atoms with Crippen molar-refractivity contribution in [3.8, 4) is 5.75 Å². The molecule has 2 aromatic carbocycles. The number of aromatic nitrogens is 1. The van der Waals surface area contributed by atoms with Gasteiger partial charge in [-0.2, -0.15) is 0 Å². The molecule has 0 saturated carbocycles. The van der Waals surface area contributed by atoms with Gasteiger partial charge in [0.25, 0.3) is 5.56 Å². The molecule has 0 N–H and O–H groups in total. The van der Waals surface area contributed by atoms with Gasteiger partial charge in [0.1, 0.15) is 10.4 Å². The Morgan fingerprint density at radius 2 is 1.84 bits per heavy atom. The number of hydrogen-bond donors (Lipinski definition) is 0. The van der Waals surface area contributed by atoms with Crippen molar-refractivity contribution in [3.05, 3.63) is 84.8 Å². The van der Waals surface area contributed by atoms with Crippen LogP contribution in [0.2, 0.25) is 0 Å². The highest BCUT2D eigenvalue weighted by Gasteiger charge is 2.10. The molecule has 0 bridgehead atoms. The third-order valence-electron chi connectivity index (χ3n) is 4.57. The van der Waals surface area contributed by atoms with Crippen LogP contribution in [0, 0.1) is 0 Å². The predicted octanol–water partition coefficient (Wildman–Crippen LogP) is 1.93. The molecule has 3 aromatic rings. The van der Waals surface area contributed by atoms with Crippen molar-refractivity contribution in [1.29, 1.82) is 0 Å². The number of ether oxygens (including phenoxy) is 3. The fourth-order valence-electron chi connectivity index (χ4n) is 3.01. The summed E-state index contributed by atoms with van der Waals surface area (Å²) in [6, 6.07) is 14.1. The molecule has 0 spiro atoms. The van der Waals surface area contributed by atoms with E-state index in [1.807, 2.05) is 24.3 Å². The molecule has 32 heavy (non-hydrogen) atoms. The van der Waals surface area contributed by atoms with Gasteiger partial charge in [-0.25, -0.2) is 9.59 Å². The molecule has 0 radical (unpaired) electrons. The Morgan fingerprint density at radius 3 is 2.50 bits per heavy atom. The molecule has 166 valence electrons. The number of carbonyl (C=O) groups excluding carboxylic acids is 2. The van der Waals surface area contributed by atoms with Gasteiger partial charge in [0.2, 0.25) is 0 Å². The van der Waals surface area contributed by atoms with Crippen LogP contribution < -0.4 is 19.5 Å². The number of carbonyl (C=O) groups is 2. The summed E-state index contributed by atoms with van der Waals surface area (Å²) in [5.41, 5.74) is 1.79. The Labute approximate surface area is 188 Å². The van der Waals surface area contributed by atoms with Crippen LogP contribution >= 0.6 is 11.3 Å². The maximum atomic E-state index is 13.2. The number of hydrogen-bond acceptors (Lipinski definition) is 7. The Kier molecular flexibility index (Phi) is 7.62. The third kappa shape index (κ3) is 5.53. The molecule has 1 aromatic heterocycles. The average Bonchev–Trinajstić information content (AvgIpc) is 3.08. The van der Waals surface area contributed by atoms with Crippen molar-refractivity contribution in [2.75, 3.05) is 20.8 Å². The summed E-state index contributed by atoms with van der Waals surface area (Å²) in [4.78, 5) is 36.9. The molecule has 0 aliphatic carbocycles. The molecule has 0 unspecified atom stereocenters. The van der Waals surface area contributed by atoms with E-state index in [0.717, 1.165) is 11.1 Å². The lowest BCUT2D eigenvalue weighted by Gasteiger charge is -2.04. The van der Waals surface area contributed by atoms with E-state index in [1.54, 1.807) is 44.4 Å². The van der Waals surface area contributed by atoms with Gasteiger partial charge in [-0.3, -0.25) is 9.36 Å². The Hall–Kier alpha value is -3.65. The first-order valence-corrected chi connectivity index (χ1v) is 10.7. The lowest BCUT2D eigenvalue weighted by Crippen LogP contribution is -2.32. The van der Waals surface area contributed by atoms with Crippen LogP contribution in [-0.4, -0.2) is 37.3 Å². The second kappa shape index (κ2) is 10.6. The van der Waals surface area contributed by atoms with E-state index in [-0.39, 0.29) is 18.7 Å². The van der Waals surface area contributed by atoms with Crippen LogP contribution in [0.25, 0.3) is 12.2 Å². The van der Waals surface area contributed by atoms with Crippen molar-refractivity contribution >= 4 is 35.4 Å². The zero-order valence-electron chi connectivity index (χ0n) is 18.0. The minimum Gasteiger partial charge on any atom is -0.497 e. The Bertz CT molecular complexity index is 1290. The van der Waals surface area contributed by atoms with Crippen LogP contribution in [-0.2, 0) is 20.8 Å². The first-order chi connectivity index (χ1) is 15.4. The summed E-state index contributed by atoms with van der Waals surface area (Å²) in [7, 11) is 2.90. The number of methoxy groups -OCH3 is 2. The average molecular weight is 454 g/mol. The number of rotatable bonds is 7. The van der Waals surface area contributed by atoms with Gasteiger partial charge in [-0.15, -0.1) is 11.3 Å². The van der Waals surface area contributed by atoms with Gasteiger partial charge < -0.3 is 14.2 Å². The molecule has 0 aliphatic heterocycles. The zero-order valence-corrected chi connectivity index (χ0v) is 18.8. The van der Waals surface area contributed by atoms with Crippen molar-refractivity contribution in [1.82, 2.24) is 4.57 Å². The Morgan fingerprint density at radius 1 is 1.09 bits per heavy atom. The second-order valence-electron chi connectivity index (χ2n) is 6.70. The first kappa shape index (κ1) is 23.0. The van der Waals surface area contributed by atoms with Crippen LogP contribution in [0.1, 0.15) is 28.4 Å². The molecule has 0 atom stereocenters. The maximum Gasteiger partial charge on any atom is 0.337 e. The SMILES string of the molecule is CCOC(=O)/C=c1\s/c(=C\c2cccc(OC)c2)c(=O)n1Cc1ccc(C(=O)OC)cc1. The van der Waals surface area contributed by atoms with E-state index in [1.165, 1.54) is 29.1 Å². The van der Waals surface area contributed by atoms with E-state index in [0.29, 0.717) is 20.5 Å². The van der Waals surface area contributed by atoms with Gasteiger partial charge >= 0.3 is 11.9 Å². The highest BCUT2D eigenvalue weighted by atomic mass is 32.1. The van der Waals surface area contributed by atoms with Crippen molar-refractivity contribution in [2.45, 2.75) is 13.5 Å². The molecule has 0 saturated heterocycles. The minimum absolute atomic E-state index is 0.230. The van der Waals surface area contributed by atoms with Gasteiger partial charge in [-0.05, 0) is 48.4 Å². The summed E-state index contributed by atoms with van der Waals surface area (Å²) >= 11 is 1.20. The lowest BCUT2D eigenvalue weighted by atomic mass is 10.1. The second-order valence-corrected chi connectivity index (χ2v) is 7.76. The van der Waals surface area contributed by atoms with Gasteiger partial charge in [0.05, 0.1) is 43.5 Å². The summed E-state index contributed by atoms with van der Waals surface area (Å²) in [5.74, 6) is -0.271. The van der Waals surface area contributed by atoms with E-state index >= 15 is 0 Å². The topological polar surface area (TPSA) is 83.8 Å². The summed E-state index contributed by atoms with van der Waals surface area (Å²) in [6.07, 6.45) is 3.08. The highest BCUT2D eigenvalue weighted by molar-refractivity contribution is 7.07. The zero-order chi connectivity index (χ0) is 23.1. The lowest BCUT2D eigenvalue weighted by molar-refractivity contribution is -0.135. The largest absolute Gasteiger partial charge is 0.497 e. The molecule has 0 fully saturated rings. The quantitative estimate of drug-likeness (QED) is 0.509. The summed E-state index contributed by atoms with van der Waals surface area (Å²) < 4.78 is 17.4. The molecule has 0 amide bonds. The molecule has 0 aliphatic rings. The monoisotopic (exact) mass is 453 g/mol. The van der Waals surface area contributed by atoms with E-state index < -0.39 is 11.9 Å². The standard InChI is InChI=1S/C24H23NO6S/c1-4-31-22(26)14-21-25(15-16-8-10-18(11-9-16)24(28)30-3)23(27)20(32-21)13-17-6-5-7-19(12-17)29-2/h5-14H,4,15H2,1-3H3/b20-13-,21-14-. The van der Waals surface area contributed by atoms with Crippen molar-refractivity contribution in [2.24, 2.45) is 0 Å². The number of esters is 2. The fraction of sp³-hybridized carbons (Fsp3) is 0.208. The molecule has 1 heterocycles. The van der Waals surface area contributed by atoms with E-state index in [9.17, 15) is 14.4 Å². The number of benzene rings is 2. The van der Waals surface area contributed by atoms with E-state index in [2.05, 4.69) is 0 Å². The fourth-order valence-corrected chi connectivity index (χ4v) is 4.04. The smallest absolute Gasteiger partial charge is 0.337 e. The van der Waals surface area contributed by atoms with E-state index in [4.69, 9.17) is 14.2 Å². The van der Waals surface area contributed by atoms with Crippen molar-refractivity contribution in [3.63, 3.8) is 0 Å². The normalized spacial score (nSPS) is 12.0. The summed E-state index contributed by atoms with van der Waals surface area (Å²) in [5, 5.41) is 0. The summed E-state index contributed by atoms with van der Waals surface area (Å²) in [6.45, 7) is 2.19. The van der Waals surface area contributed by atoms with Crippen LogP contribution in [0.5, 0.6) is 5.75 Å².